The molecule has 2 aromatic carbocycles. The molecule has 0 radical (unpaired) electrons. The fourth-order valence-corrected chi connectivity index (χ4v) is 3.01. The average Bonchev–Trinajstić information content (AvgIpc) is 2.83. The predicted octanol–water partition coefficient (Wildman–Crippen LogP) is 3.22. The van der Waals surface area contributed by atoms with Gasteiger partial charge in [0, 0.05) is 29.2 Å². The van der Waals surface area contributed by atoms with Gasteiger partial charge in [-0.2, -0.15) is 0 Å². The number of ether oxygens (including phenoxy) is 1. The van der Waals surface area contributed by atoms with E-state index in [0.29, 0.717) is 15.6 Å². The number of rotatable bonds is 5. The van der Waals surface area contributed by atoms with Crippen molar-refractivity contribution in [2.24, 2.45) is 0 Å². The molecule has 0 saturated heterocycles. The van der Waals surface area contributed by atoms with Gasteiger partial charge in [-0.1, -0.05) is 15.9 Å². The second-order valence-electron chi connectivity index (χ2n) is 5.60. The standard InChI is InChI=1S/C18H14BrFN2O4/c1-26-15-5-3-11(9-14(15)20)21-16(23)6-7-22-17(24)12-4-2-10(19)8-13(12)18(22)25/h2-5,8-9H,6-7H2,1H3,(H,21,23). The molecule has 2 aromatic rings. The van der Waals surface area contributed by atoms with Gasteiger partial charge in [-0.05, 0) is 30.3 Å². The molecule has 1 aliphatic rings. The number of nitrogens with zero attached hydrogens (tertiary/aromatic N) is 1. The molecule has 26 heavy (non-hydrogen) atoms. The van der Waals surface area contributed by atoms with Gasteiger partial charge < -0.3 is 10.1 Å². The van der Waals surface area contributed by atoms with Crippen LogP contribution in [0.25, 0.3) is 0 Å². The van der Waals surface area contributed by atoms with Gasteiger partial charge in [-0.3, -0.25) is 19.3 Å². The van der Waals surface area contributed by atoms with Crippen molar-refractivity contribution in [3.8, 4) is 5.75 Å². The molecule has 8 heteroatoms. The molecular weight excluding hydrogens is 407 g/mol. The van der Waals surface area contributed by atoms with Gasteiger partial charge in [0.15, 0.2) is 11.6 Å². The average molecular weight is 421 g/mol. The van der Waals surface area contributed by atoms with Crippen LogP contribution >= 0.6 is 15.9 Å². The Morgan fingerprint density at radius 1 is 1.15 bits per heavy atom. The molecule has 6 nitrogen and oxygen atoms in total. The second-order valence-corrected chi connectivity index (χ2v) is 6.52. The van der Waals surface area contributed by atoms with Crippen LogP contribution in [0.3, 0.4) is 0 Å². The van der Waals surface area contributed by atoms with Crippen molar-refractivity contribution in [2.45, 2.75) is 6.42 Å². The van der Waals surface area contributed by atoms with Gasteiger partial charge in [0.1, 0.15) is 0 Å². The zero-order valence-corrected chi connectivity index (χ0v) is 15.3. The molecule has 1 heterocycles. The summed E-state index contributed by atoms with van der Waals surface area (Å²) in [5.74, 6) is -1.83. The number of carbonyl (C=O) groups excluding carboxylic acids is 3. The Bertz CT molecular complexity index is 916. The fraction of sp³-hybridized carbons (Fsp3) is 0.167. The minimum atomic E-state index is -0.601. The topological polar surface area (TPSA) is 75.7 Å². The maximum atomic E-state index is 13.6. The van der Waals surface area contributed by atoms with Crippen LogP contribution in [0.15, 0.2) is 40.9 Å². The molecule has 3 rings (SSSR count). The zero-order valence-electron chi connectivity index (χ0n) is 13.7. The molecule has 0 spiro atoms. The Kier molecular flexibility index (Phi) is 5.03. The van der Waals surface area contributed by atoms with Crippen LogP contribution in [0.4, 0.5) is 10.1 Å². The highest BCUT2D eigenvalue weighted by Crippen LogP contribution is 2.26. The third kappa shape index (κ3) is 3.45. The van der Waals surface area contributed by atoms with Crippen molar-refractivity contribution in [2.75, 3.05) is 19.0 Å². The summed E-state index contributed by atoms with van der Waals surface area (Å²) in [5, 5.41) is 2.53. The summed E-state index contributed by atoms with van der Waals surface area (Å²) in [6.45, 7) is -0.0611. The van der Waals surface area contributed by atoms with Gasteiger partial charge >= 0.3 is 0 Å². The van der Waals surface area contributed by atoms with E-state index in [1.807, 2.05) is 0 Å². The molecule has 3 amide bonds. The summed E-state index contributed by atoms with van der Waals surface area (Å²) in [6.07, 6.45) is -0.0969. The number of methoxy groups -OCH3 is 1. The third-order valence-corrected chi connectivity index (χ3v) is 4.42. The van der Waals surface area contributed by atoms with E-state index in [1.54, 1.807) is 18.2 Å². The zero-order chi connectivity index (χ0) is 18.8. The summed E-state index contributed by atoms with van der Waals surface area (Å²) in [5.41, 5.74) is 0.887. The van der Waals surface area contributed by atoms with E-state index in [2.05, 4.69) is 21.2 Å². The second kappa shape index (κ2) is 7.25. The van der Waals surface area contributed by atoms with Gasteiger partial charge in [0.2, 0.25) is 5.91 Å². The summed E-state index contributed by atoms with van der Waals surface area (Å²) in [7, 11) is 1.34. The number of anilines is 1. The first kappa shape index (κ1) is 18.1. The predicted molar refractivity (Wildman–Crippen MR) is 95.7 cm³/mol. The van der Waals surface area contributed by atoms with Crippen LogP contribution in [0, 0.1) is 5.82 Å². The molecule has 0 aliphatic carbocycles. The molecule has 1 N–H and O–H groups in total. The molecular formula is C18H14BrFN2O4. The number of hydrogen-bond donors (Lipinski definition) is 1. The van der Waals surface area contributed by atoms with E-state index in [9.17, 15) is 18.8 Å². The van der Waals surface area contributed by atoms with E-state index in [-0.39, 0.29) is 24.4 Å². The van der Waals surface area contributed by atoms with Crippen molar-refractivity contribution < 1.29 is 23.5 Å². The molecule has 0 unspecified atom stereocenters. The number of halogens is 2. The third-order valence-electron chi connectivity index (χ3n) is 3.93. The molecule has 0 atom stereocenters. The van der Waals surface area contributed by atoms with Gasteiger partial charge in [0.05, 0.1) is 18.2 Å². The Morgan fingerprint density at radius 2 is 1.88 bits per heavy atom. The van der Waals surface area contributed by atoms with Crippen LogP contribution in [-0.2, 0) is 4.79 Å². The van der Waals surface area contributed by atoms with Crippen molar-refractivity contribution in [1.29, 1.82) is 0 Å². The number of amides is 3. The Balaban J connectivity index is 1.62. The van der Waals surface area contributed by atoms with Gasteiger partial charge in [0.25, 0.3) is 11.8 Å². The highest BCUT2D eigenvalue weighted by Gasteiger charge is 2.35. The molecule has 0 saturated carbocycles. The lowest BCUT2D eigenvalue weighted by Crippen LogP contribution is -2.32. The summed E-state index contributed by atoms with van der Waals surface area (Å²) in [4.78, 5) is 37.7. The summed E-state index contributed by atoms with van der Waals surface area (Å²) in [6, 6.07) is 8.86. The van der Waals surface area contributed by atoms with E-state index < -0.39 is 23.5 Å². The largest absolute Gasteiger partial charge is 0.494 e. The first-order chi connectivity index (χ1) is 12.4. The number of carbonyl (C=O) groups is 3. The molecule has 1 aliphatic heterocycles. The fourth-order valence-electron chi connectivity index (χ4n) is 2.65. The van der Waals surface area contributed by atoms with Crippen molar-refractivity contribution >= 4 is 39.3 Å². The molecule has 134 valence electrons. The lowest BCUT2D eigenvalue weighted by molar-refractivity contribution is -0.116. The highest BCUT2D eigenvalue weighted by molar-refractivity contribution is 9.10. The highest BCUT2D eigenvalue weighted by atomic mass is 79.9. The van der Waals surface area contributed by atoms with E-state index in [4.69, 9.17) is 4.74 Å². The summed E-state index contributed by atoms with van der Waals surface area (Å²) >= 11 is 3.26. The molecule has 0 fully saturated rings. The lowest BCUT2D eigenvalue weighted by atomic mass is 10.1. The number of benzene rings is 2. The van der Waals surface area contributed by atoms with Gasteiger partial charge in [-0.25, -0.2) is 4.39 Å². The minimum absolute atomic E-state index is 0.0611. The quantitative estimate of drug-likeness (QED) is 0.753. The Morgan fingerprint density at radius 3 is 2.58 bits per heavy atom. The van der Waals surface area contributed by atoms with E-state index >= 15 is 0 Å². The van der Waals surface area contributed by atoms with Crippen LogP contribution < -0.4 is 10.1 Å². The Labute approximate surface area is 157 Å². The van der Waals surface area contributed by atoms with Crippen LogP contribution in [0.1, 0.15) is 27.1 Å². The number of hydrogen-bond acceptors (Lipinski definition) is 4. The summed E-state index contributed by atoms with van der Waals surface area (Å²) < 4.78 is 19.1. The van der Waals surface area contributed by atoms with Crippen molar-refractivity contribution in [1.82, 2.24) is 4.90 Å². The van der Waals surface area contributed by atoms with Crippen LogP contribution in [-0.4, -0.2) is 36.3 Å². The van der Waals surface area contributed by atoms with E-state index in [0.717, 1.165) is 11.0 Å². The maximum Gasteiger partial charge on any atom is 0.261 e. The Hall–Kier alpha value is -2.74. The van der Waals surface area contributed by atoms with Crippen LogP contribution in [0.2, 0.25) is 0 Å². The monoisotopic (exact) mass is 420 g/mol. The number of imide groups is 1. The first-order valence-corrected chi connectivity index (χ1v) is 8.49. The lowest BCUT2D eigenvalue weighted by Gasteiger charge is -2.13. The van der Waals surface area contributed by atoms with Crippen LogP contribution in [0.5, 0.6) is 5.75 Å². The maximum absolute atomic E-state index is 13.6. The van der Waals surface area contributed by atoms with E-state index in [1.165, 1.54) is 19.2 Å². The number of nitrogens with one attached hydrogen (secondary N) is 1. The van der Waals surface area contributed by atoms with Gasteiger partial charge in [-0.15, -0.1) is 0 Å². The van der Waals surface area contributed by atoms with Crippen molar-refractivity contribution in [3.63, 3.8) is 0 Å². The molecule has 0 aromatic heterocycles. The first-order valence-electron chi connectivity index (χ1n) is 7.70. The molecule has 0 bridgehead atoms. The number of fused-ring (bicyclic) bond motifs is 1. The SMILES string of the molecule is COc1ccc(NC(=O)CCN2C(=O)c3ccc(Br)cc3C2=O)cc1F. The smallest absolute Gasteiger partial charge is 0.261 e. The normalized spacial score (nSPS) is 13.0. The minimum Gasteiger partial charge on any atom is -0.494 e. The van der Waals surface area contributed by atoms with Crippen molar-refractivity contribution in [3.05, 3.63) is 57.8 Å².